The van der Waals surface area contributed by atoms with E-state index in [1.165, 1.54) is 71.0 Å². The number of hydrogen-bond donors (Lipinski definition) is 1. The summed E-state index contributed by atoms with van der Waals surface area (Å²) in [5, 5.41) is 3.90. The van der Waals surface area contributed by atoms with Crippen LogP contribution in [0.5, 0.6) is 0 Å². The van der Waals surface area contributed by atoms with Crippen LogP contribution in [-0.2, 0) is 0 Å². The van der Waals surface area contributed by atoms with Crippen molar-refractivity contribution in [2.24, 2.45) is 17.3 Å². The second kappa shape index (κ2) is 6.58. The zero-order chi connectivity index (χ0) is 14.9. The van der Waals surface area contributed by atoms with Gasteiger partial charge in [0.2, 0.25) is 0 Å². The van der Waals surface area contributed by atoms with Gasteiger partial charge < -0.3 is 10.2 Å². The molecule has 0 aromatic carbocycles. The Labute approximate surface area is 132 Å². The van der Waals surface area contributed by atoms with Crippen molar-refractivity contribution >= 4 is 0 Å². The summed E-state index contributed by atoms with van der Waals surface area (Å²) in [6.45, 7) is 11.2. The van der Waals surface area contributed by atoms with Gasteiger partial charge in [-0.05, 0) is 88.3 Å². The molecule has 2 saturated carbocycles. The maximum Gasteiger partial charge on any atom is 0.00964 e. The lowest BCUT2D eigenvalue weighted by Gasteiger charge is -2.38. The van der Waals surface area contributed by atoms with Gasteiger partial charge >= 0.3 is 0 Å². The Morgan fingerprint density at radius 3 is 2.00 bits per heavy atom. The minimum Gasteiger partial charge on any atom is -0.314 e. The molecule has 0 spiro atoms. The second-order valence-electron chi connectivity index (χ2n) is 9.03. The predicted octanol–water partition coefficient (Wildman–Crippen LogP) is 4.06. The van der Waals surface area contributed by atoms with Crippen LogP contribution >= 0.6 is 0 Å². The third kappa shape index (κ3) is 4.45. The first-order chi connectivity index (χ1) is 10.0. The lowest BCUT2D eigenvalue weighted by Crippen LogP contribution is -2.44. The summed E-state index contributed by atoms with van der Waals surface area (Å²) in [4.78, 5) is 2.73. The minimum atomic E-state index is 0.522. The predicted molar refractivity (Wildman–Crippen MR) is 90.5 cm³/mol. The Morgan fingerprint density at radius 1 is 0.857 bits per heavy atom. The van der Waals surface area contributed by atoms with Crippen LogP contribution in [0.1, 0.15) is 72.1 Å². The van der Waals surface area contributed by atoms with E-state index in [-0.39, 0.29) is 0 Å². The van der Waals surface area contributed by atoms with Crippen LogP contribution in [0.15, 0.2) is 0 Å². The minimum absolute atomic E-state index is 0.522. The van der Waals surface area contributed by atoms with E-state index in [4.69, 9.17) is 0 Å². The standard InChI is InChI=1S/C19H36N2/c1-19(2,3)16-6-4-15(5-7-16)14-20-17-10-12-21(13-11-17)18-8-9-18/h15-18,20H,4-14H2,1-3H3. The van der Waals surface area contributed by atoms with Gasteiger partial charge in [0, 0.05) is 12.1 Å². The highest BCUT2D eigenvalue weighted by atomic mass is 15.2. The van der Waals surface area contributed by atoms with Crippen molar-refractivity contribution in [3.05, 3.63) is 0 Å². The molecular formula is C19H36N2. The van der Waals surface area contributed by atoms with Gasteiger partial charge in [-0.2, -0.15) is 0 Å². The SMILES string of the molecule is CC(C)(C)C1CCC(CNC2CCN(C3CC3)CC2)CC1. The van der Waals surface area contributed by atoms with Crippen molar-refractivity contribution in [1.29, 1.82) is 0 Å². The molecule has 0 aromatic rings. The van der Waals surface area contributed by atoms with Crippen LogP contribution in [0.25, 0.3) is 0 Å². The maximum absolute atomic E-state index is 3.90. The van der Waals surface area contributed by atoms with Gasteiger partial charge in [0.15, 0.2) is 0 Å². The Hall–Kier alpha value is -0.0800. The molecule has 2 aliphatic carbocycles. The zero-order valence-corrected chi connectivity index (χ0v) is 14.5. The molecule has 0 amide bonds. The van der Waals surface area contributed by atoms with Gasteiger partial charge in [-0.1, -0.05) is 20.8 Å². The summed E-state index contributed by atoms with van der Waals surface area (Å²) in [6.07, 6.45) is 11.5. The lowest BCUT2D eigenvalue weighted by atomic mass is 9.70. The molecule has 2 heteroatoms. The van der Waals surface area contributed by atoms with Crippen LogP contribution in [0, 0.1) is 17.3 Å². The molecule has 122 valence electrons. The molecule has 1 heterocycles. The lowest BCUT2D eigenvalue weighted by molar-refractivity contribution is 0.142. The molecule has 3 fully saturated rings. The van der Waals surface area contributed by atoms with E-state index in [9.17, 15) is 0 Å². The van der Waals surface area contributed by atoms with Gasteiger partial charge in [-0.3, -0.25) is 0 Å². The van der Waals surface area contributed by atoms with Gasteiger partial charge in [0.25, 0.3) is 0 Å². The fourth-order valence-corrected chi connectivity index (χ4v) is 4.47. The van der Waals surface area contributed by atoms with E-state index in [2.05, 4.69) is 31.0 Å². The summed E-state index contributed by atoms with van der Waals surface area (Å²) < 4.78 is 0. The number of rotatable bonds is 4. The highest BCUT2D eigenvalue weighted by Crippen LogP contribution is 2.39. The Morgan fingerprint density at radius 2 is 1.48 bits per heavy atom. The van der Waals surface area contributed by atoms with E-state index >= 15 is 0 Å². The quantitative estimate of drug-likeness (QED) is 0.841. The van der Waals surface area contributed by atoms with Gasteiger partial charge in [0.05, 0.1) is 0 Å². The van der Waals surface area contributed by atoms with Gasteiger partial charge in [0.1, 0.15) is 0 Å². The highest BCUT2D eigenvalue weighted by Gasteiger charge is 2.32. The van der Waals surface area contributed by atoms with E-state index in [1.807, 2.05) is 0 Å². The van der Waals surface area contributed by atoms with Crippen LogP contribution in [-0.4, -0.2) is 36.6 Å². The van der Waals surface area contributed by atoms with Crippen molar-refractivity contribution in [3.63, 3.8) is 0 Å². The van der Waals surface area contributed by atoms with Gasteiger partial charge in [-0.15, -0.1) is 0 Å². The summed E-state index contributed by atoms with van der Waals surface area (Å²) in [5.41, 5.74) is 0.522. The number of nitrogens with zero attached hydrogens (tertiary/aromatic N) is 1. The molecule has 0 atom stereocenters. The van der Waals surface area contributed by atoms with Crippen LogP contribution in [0.4, 0.5) is 0 Å². The Bertz CT molecular complexity index is 313. The van der Waals surface area contributed by atoms with Crippen molar-refractivity contribution < 1.29 is 0 Å². The smallest absolute Gasteiger partial charge is 0.00964 e. The normalized spacial score (nSPS) is 33.3. The van der Waals surface area contributed by atoms with E-state index in [0.717, 1.165) is 23.9 Å². The van der Waals surface area contributed by atoms with Crippen molar-refractivity contribution in [2.45, 2.75) is 84.2 Å². The number of piperidine rings is 1. The molecule has 0 bridgehead atoms. The molecule has 3 aliphatic rings. The van der Waals surface area contributed by atoms with Crippen molar-refractivity contribution in [2.75, 3.05) is 19.6 Å². The Balaban J connectivity index is 1.31. The summed E-state index contributed by atoms with van der Waals surface area (Å²) in [6, 6.07) is 1.78. The first-order valence-electron chi connectivity index (χ1n) is 9.50. The molecular weight excluding hydrogens is 256 g/mol. The fraction of sp³-hybridized carbons (Fsp3) is 1.00. The molecule has 0 radical (unpaired) electrons. The highest BCUT2D eigenvalue weighted by molar-refractivity contribution is 4.89. The number of likely N-dealkylation sites (tertiary alicyclic amines) is 1. The van der Waals surface area contributed by atoms with Crippen molar-refractivity contribution in [3.8, 4) is 0 Å². The van der Waals surface area contributed by atoms with Crippen LogP contribution < -0.4 is 5.32 Å². The van der Waals surface area contributed by atoms with Crippen LogP contribution in [0.2, 0.25) is 0 Å². The first kappa shape index (κ1) is 15.8. The molecule has 2 nitrogen and oxygen atoms in total. The number of hydrogen-bond acceptors (Lipinski definition) is 2. The van der Waals surface area contributed by atoms with Gasteiger partial charge in [-0.25, -0.2) is 0 Å². The summed E-state index contributed by atoms with van der Waals surface area (Å²) in [5.74, 6) is 1.90. The molecule has 21 heavy (non-hydrogen) atoms. The maximum atomic E-state index is 3.90. The third-order valence-corrected chi connectivity index (χ3v) is 6.36. The van der Waals surface area contributed by atoms with E-state index in [1.54, 1.807) is 0 Å². The number of nitrogens with one attached hydrogen (secondary N) is 1. The first-order valence-corrected chi connectivity index (χ1v) is 9.50. The fourth-order valence-electron chi connectivity index (χ4n) is 4.47. The van der Waals surface area contributed by atoms with Crippen molar-refractivity contribution in [1.82, 2.24) is 10.2 Å². The molecule has 1 saturated heterocycles. The molecule has 0 unspecified atom stereocenters. The topological polar surface area (TPSA) is 15.3 Å². The molecule has 3 rings (SSSR count). The monoisotopic (exact) mass is 292 g/mol. The molecule has 0 aromatic heterocycles. The average Bonchev–Trinajstić information content (AvgIpc) is 3.30. The largest absolute Gasteiger partial charge is 0.314 e. The zero-order valence-electron chi connectivity index (χ0n) is 14.5. The summed E-state index contributed by atoms with van der Waals surface area (Å²) in [7, 11) is 0. The molecule has 1 N–H and O–H groups in total. The third-order valence-electron chi connectivity index (χ3n) is 6.36. The second-order valence-corrected chi connectivity index (χ2v) is 9.03. The summed E-state index contributed by atoms with van der Waals surface area (Å²) >= 11 is 0. The van der Waals surface area contributed by atoms with E-state index < -0.39 is 0 Å². The molecule has 1 aliphatic heterocycles. The Kier molecular flexibility index (Phi) is 4.95. The van der Waals surface area contributed by atoms with E-state index in [0.29, 0.717) is 5.41 Å². The average molecular weight is 293 g/mol. The van der Waals surface area contributed by atoms with Crippen LogP contribution in [0.3, 0.4) is 0 Å².